The van der Waals surface area contributed by atoms with Gasteiger partial charge in [-0.2, -0.15) is 0 Å². The number of carbonyl (C=O) groups excluding carboxylic acids is 1. The van der Waals surface area contributed by atoms with Gasteiger partial charge in [0.2, 0.25) is 0 Å². The van der Waals surface area contributed by atoms with Crippen LogP contribution >= 0.6 is 35.7 Å². The summed E-state index contributed by atoms with van der Waals surface area (Å²) in [6.45, 7) is 9.61. The lowest BCUT2D eigenvalue weighted by molar-refractivity contribution is 0.0527. The molecule has 1 aromatic carbocycles. The van der Waals surface area contributed by atoms with Gasteiger partial charge >= 0.3 is 6.09 Å². The summed E-state index contributed by atoms with van der Waals surface area (Å²) in [5, 5.41) is 9.32. The van der Waals surface area contributed by atoms with Gasteiger partial charge in [0.05, 0.1) is 0 Å². The summed E-state index contributed by atoms with van der Waals surface area (Å²) in [7, 11) is 1.75. The van der Waals surface area contributed by atoms with Crippen molar-refractivity contribution in [1.29, 1.82) is 0 Å². The van der Waals surface area contributed by atoms with Gasteiger partial charge in [0.15, 0.2) is 5.96 Å². The number of nitrogens with zero attached hydrogens (tertiary/aromatic N) is 1. The lowest BCUT2D eigenvalue weighted by atomic mass is 10.1. The molecule has 0 aliphatic carbocycles. The number of nitrogens with one attached hydrogen (secondary N) is 3. The van der Waals surface area contributed by atoms with Gasteiger partial charge in [-0.25, -0.2) is 4.79 Å². The number of hydrogen-bond acceptors (Lipinski definition) is 4. The molecule has 1 aromatic rings. The molecular formula is C19H33IN4O2S. The zero-order valence-electron chi connectivity index (χ0n) is 17.1. The van der Waals surface area contributed by atoms with Crippen molar-refractivity contribution in [1.82, 2.24) is 16.0 Å². The number of halogens is 1. The fourth-order valence-electron chi connectivity index (χ4n) is 2.20. The molecule has 1 amide bonds. The number of amides is 1. The van der Waals surface area contributed by atoms with Crippen LogP contribution in [-0.4, -0.2) is 44.0 Å². The third-order valence-electron chi connectivity index (χ3n) is 3.43. The number of aliphatic imine (C=N–C) groups is 1. The summed E-state index contributed by atoms with van der Waals surface area (Å²) in [5.41, 5.74) is 2.04. The molecule has 8 heteroatoms. The molecule has 27 heavy (non-hydrogen) atoms. The van der Waals surface area contributed by atoms with Crippen LogP contribution in [0.2, 0.25) is 0 Å². The minimum absolute atomic E-state index is 0. The van der Waals surface area contributed by atoms with E-state index >= 15 is 0 Å². The summed E-state index contributed by atoms with van der Waals surface area (Å²) >= 11 is 1.75. The van der Waals surface area contributed by atoms with Crippen molar-refractivity contribution in [2.45, 2.75) is 51.2 Å². The molecule has 0 bridgehead atoms. The SMILES string of the molecule is CN=C(NCCCNC(=O)OC(C)(C)C)NCc1ccc(C)cc1SC.I. The van der Waals surface area contributed by atoms with Gasteiger partial charge in [-0.3, -0.25) is 4.99 Å². The van der Waals surface area contributed by atoms with Crippen molar-refractivity contribution in [3.8, 4) is 0 Å². The Balaban J connectivity index is 0.00000676. The predicted octanol–water partition coefficient (Wildman–Crippen LogP) is 3.91. The van der Waals surface area contributed by atoms with Crippen molar-refractivity contribution in [2.24, 2.45) is 4.99 Å². The Morgan fingerprint density at radius 1 is 1.19 bits per heavy atom. The van der Waals surface area contributed by atoms with Crippen LogP contribution in [0.4, 0.5) is 4.79 Å². The number of hydrogen-bond donors (Lipinski definition) is 3. The fourth-order valence-corrected chi connectivity index (χ4v) is 2.90. The van der Waals surface area contributed by atoms with Gasteiger partial charge < -0.3 is 20.7 Å². The normalized spacial score (nSPS) is 11.4. The topological polar surface area (TPSA) is 74.8 Å². The molecule has 1 rings (SSSR count). The largest absolute Gasteiger partial charge is 0.444 e. The van der Waals surface area contributed by atoms with E-state index in [9.17, 15) is 4.79 Å². The fraction of sp³-hybridized carbons (Fsp3) is 0.579. The molecule has 0 atom stereocenters. The highest BCUT2D eigenvalue weighted by molar-refractivity contribution is 14.0. The number of ether oxygens (including phenoxy) is 1. The molecule has 0 heterocycles. The lowest BCUT2D eigenvalue weighted by Gasteiger charge is -2.19. The summed E-state index contributed by atoms with van der Waals surface area (Å²) in [5.74, 6) is 0.745. The number of guanidine groups is 1. The van der Waals surface area contributed by atoms with E-state index in [4.69, 9.17) is 4.74 Å². The van der Waals surface area contributed by atoms with Gasteiger partial charge in [0, 0.05) is 31.6 Å². The van der Waals surface area contributed by atoms with Crippen molar-refractivity contribution in [2.75, 3.05) is 26.4 Å². The molecule has 0 aromatic heterocycles. The highest BCUT2D eigenvalue weighted by Gasteiger charge is 2.15. The maximum Gasteiger partial charge on any atom is 0.407 e. The molecular weight excluding hydrogens is 475 g/mol. The molecule has 154 valence electrons. The van der Waals surface area contributed by atoms with E-state index < -0.39 is 5.60 Å². The predicted molar refractivity (Wildman–Crippen MR) is 125 cm³/mol. The van der Waals surface area contributed by atoms with E-state index in [0.29, 0.717) is 19.6 Å². The number of benzene rings is 1. The van der Waals surface area contributed by atoms with Crippen LogP contribution in [0.3, 0.4) is 0 Å². The van der Waals surface area contributed by atoms with Crippen molar-refractivity contribution in [3.63, 3.8) is 0 Å². The second-order valence-electron chi connectivity index (χ2n) is 6.95. The zero-order chi connectivity index (χ0) is 19.6. The maximum absolute atomic E-state index is 11.6. The summed E-state index contributed by atoms with van der Waals surface area (Å²) in [4.78, 5) is 17.1. The number of rotatable bonds is 7. The van der Waals surface area contributed by atoms with Crippen molar-refractivity contribution < 1.29 is 9.53 Å². The molecule has 0 spiro atoms. The molecule has 0 aliphatic rings. The lowest BCUT2D eigenvalue weighted by Crippen LogP contribution is -2.39. The van der Waals surface area contributed by atoms with Crippen molar-refractivity contribution >= 4 is 47.8 Å². The van der Waals surface area contributed by atoms with Gasteiger partial charge in [-0.1, -0.05) is 12.1 Å². The highest BCUT2D eigenvalue weighted by Crippen LogP contribution is 2.21. The minimum atomic E-state index is -0.472. The molecule has 0 saturated heterocycles. The minimum Gasteiger partial charge on any atom is -0.444 e. The van der Waals surface area contributed by atoms with Crippen LogP contribution in [0.25, 0.3) is 0 Å². The summed E-state index contributed by atoms with van der Waals surface area (Å²) in [6.07, 6.45) is 2.48. The Morgan fingerprint density at radius 2 is 1.85 bits per heavy atom. The molecule has 0 unspecified atom stereocenters. The average Bonchev–Trinajstić information content (AvgIpc) is 2.56. The Bertz CT molecular complexity index is 618. The Labute approximate surface area is 184 Å². The maximum atomic E-state index is 11.6. The summed E-state index contributed by atoms with van der Waals surface area (Å²) < 4.78 is 5.20. The molecule has 6 nitrogen and oxygen atoms in total. The average molecular weight is 508 g/mol. The quantitative estimate of drug-likeness (QED) is 0.171. The molecule has 0 saturated carbocycles. The van der Waals surface area contributed by atoms with Crippen molar-refractivity contribution in [3.05, 3.63) is 29.3 Å². The molecule has 0 aliphatic heterocycles. The smallest absolute Gasteiger partial charge is 0.407 e. The first-order chi connectivity index (χ1) is 12.2. The standard InChI is InChI=1S/C19H32N4O2S.HI/c1-14-8-9-15(16(12-14)26-6)13-23-17(20-5)21-10-7-11-22-18(24)25-19(2,3)4;/h8-9,12H,7,10-11,13H2,1-6H3,(H,22,24)(H2,20,21,23);1H. The highest BCUT2D eigenvalue weighted by atomic mass is 127. The van der Waals surface area contributed by atoms with E-state index in [2.05, 4.69) is 52.3 Å². The van der Waals surface area contributed by atoms with E-state index in [1.54, 1.807) is 18.8 Å². The summed E-state index contributed by atoms with van der Waals surface area (Å²) in [6, 6.07) is 6.46. The zero-order valence-corrected chi connectivity index (χ0v) is 20.3. The van der Waals surface area contributed by atoms with Crippen LogP contribution in [0.15, 0.2) is 28.1 Å². The Hall–Kier alpha value is -1.16. The Morgan fingerprint density at radius 3 is 2.44 bits per heavy atom. The van der Waals surface area contributed by atoms with Crippen LogP contribution in [0, 0.1) is 6.92 Å². The number of aryl methyl sites for hydroxylation is 1. The molecule has 0 radical (unpaired) electrons. The second kappa shape index (κ2) is 13.1. The van der Waals surface area contributed by atoms with Gasteiger partial charge in [-0.15, -0.1) is 35.7 Å². The monoisotopic (exact) mass is 508 g/mol. The van der Waals surface area contributed by atoms with Crippen LogP contribution in [0.1, 0.15) is 38.3 Å². The van der Waals surface area contributed by atoms with Gasteiger partial charge in [0.1, 0.15) is 5.60 Å². The second-order valence-corrected chi connectivity index (χ2v) is 7.80. The third kappa shape index (κ3) is 11.3. The van der Waals surface area contributed by atoms with Crippen LogP contribution < -0.4 is 16.0 Å². The van der Waals surface area contributed by atoms with Gasteiger partial charge in [-0.05, 0) is 57.6 Å². The van der Waals surface area contributed by atoms with Gasteiger partial charge in [0.25, 0.3) is 0 Å². The molecule has 0 fully saturated rings. The van der Waals surface area contributed by atoms with E-state index in [0.717, 1.165) is 12.4 Å². The van der Waals surface area contributed by atoms with Crippen LogP contribution in [-0.2, 0) is 11.3 Å². The first-order valence-electron chi connectivity index (χ1n) is 8.80. The first-order valence-corrected chi connectivity index (χ1v) is 10.0. The first kappa shape index (κ1) is 25.8. The van der Waals surface area contributed by atoms with E-state index in [-0.39, 0.29) is 30.1 Å². The third-order valence-corrected chi connectivity index (χ3v) is 4.25. The van der Waals surface area contributed by atoms with E-state index in [1.165, 1.54) is 16.0 Å². The Kier molecular flexibility index (Phi) is 12.5. The van der Waals surface area contributed by atoms with E-state index in [1.807, 2.05) is 20.8 Å². The molecule has 3 N–H and O–H groups in total. The number of alkyl carbamates (subject to hydrolysis) is 1. The van der Waals surface area contributed by atoms with Crippen LogP contribution in [0.5, 0.6) is 0 Å². The number of carbonyl (C=O) groups is 1. The number of thioether (sulfide) groups is 1.